The molecular formula is C21H27BrN2O4S. The Balaban J connectivity index is 2.00. The zero-order valence-corrected chi connectivity index (χ0v) is 19.5. The summed E-state index contributed by atoms with van der Waals surface area (Å²) >= 11 is 3.47. The predicted octanol–water partition coefficient (Wildman–Crippen LogP) is 4.41. The van der Waals surface area contributed by atoms with Crippen molar-refractivity contribution in [3.05, 3.63) is 52.0 Å². The Kier molecular flexibility index (Phi) is 8.24. The summed E-state index contributed by atoms with van der Waals surface area (Å²) < 4.78 is 33.6. The van der Waals surface area contributed by atoms with Gasteiger partial charge in [-0.2, -0.15) is 0 Å². The van der Waals surface area contributed by atoms with Crippen LogP contribution in [-0.4, -0.2) is 27.0 Å². The van der Waals surface area contributed by atoms with Crippen molar-refractivity contribution in [3.8, 4) is 5.75 Å². The highest BCUT2D eigenvalue weighted by molar-refractivity contribution is 9.10. The molecule has 8 heteroatoms. The Morgan fingerprint density at radius 1 is 1.17 bits per heavy atom. The van der Waals surface area contributed by atoms with Crippen LogP contribution in [0.1, 0.15) is 38.3 Å². The number of carbonyl (C=O) groups is 1. The number of benzene rings is 2. The summed E-state index contributed by atoms with van der Waals surface area (Å²) in [5, 5.41) is 2.90. The molecule has 0 aliphatic rings. The van der Waals surface area contributed by atoms with E-state index in [1.807, 2.05) is 39.8 Å². The van der Waals surface area contributed by atoms with Crippen molar-refractivity contribution in [1.82, 2.24) is 4.72 Å². The molecular weight excluding hydrogens is 456 g/mol. The smallest absolute Gasteiger partial charge is 0.262 e. The topological polar surface area (TPSA) is 84.5 Å². The molecule has 29 heavy (non-hydrogen) atoms. The lowest BCUT2D eigenvalue weighted by Gasteiger charge is -2.15. The standard InChI is InChI=1S/C21H27BrN2O4S/c1-5-15(4)24-29(26,27)19-9-7-18(8-10-19)28-13-20(25)23-21-14(3)11-17(22)12-16(21)6-2/h7-12,15,24H,5-6,13H2,1-4H3,(H,23,25). The Morgan fingerprint density at radius 3 is 2.41 bits per heavy atom. The molecule has 0 aromatic heterocycles. The van der Waals surface area contributed by atoms with E-state index < -0.39 is 10.0 Å². The number of amides is 1. The van der Waals surface area contributed by atoms with E-state index in [0.717, 1.165) is 27.7 Å². The third kappa shape index (κ3) is 6.55. The molecule has 1 unspecified atom stereocenters. The van der Waals surface area contributed by atoms with Crippen molar-refractivity contribution in [2.24, 2.45) is 0 Å². The van der Waals surface area contributed by atoms with Crippen LogP contribution in [0.25, 0.3) is 0 Å². The van der Waals surface area contributed by atoms with Gasteiger partial charge in [0.15, 0.2) is 6.61 Å². The number of hydrogen-bond donors (Lipinski definition) is 2. The van der Waals surface area contributed by atoms with Gasteiger partial charge in [-0.25, -0.2) is 13.1 Å². The van der Waals surface area contributed by atoms with E-state index in [9.17, 15) is 13.2 Å². The zero-order valence-electron chi connectivity index (χ0n) is 17.1. The molecule has 2 rings (SSSR count). The molecule has 2 aromatic rings. The third-order valence-electron chi connectivity index (χ3n) is 4.50. The van der Waals surface area contributed by atoms with Gasteiger partial charge in [-0.05, 0) is 74.2 Å². The van der Waals surface area contributed by atoms with Crippen molar-refractivity contribution in [3.63, 3.8) is 0 Å². The molecule has 0 radical (unpaired) electrons. The number of anilines is 1. The minimum Gasteiger partial charge on any atom is -0.484 e. The van der Waals surface area contributed by atoms with Crippen molar-refractivity contribution in [2.45, 2.75) is 51.5 Å². The fourth-order valence-corrected chi connectivity index (χ4v) is 4.67. The van der Waals surface area contributed by atoms with Crippen LogP contribution in [0, 0.1) is 6.92 Å². The van der Waals surface area contributed by atoms with Crippen LogP contribution >= 0.6 is 15.9 Å². The van der Waals surface area contributed by atoms with Crippen molar-refractivity contribution in [1.29, 1.82) is 0 Å². The molecule has 1 atom stereocenters. The van der Waals surface area contributed by atoms with E-state index >= 15 is 0 Å². The molecule has 0 bridgehead atoms. The van der Waals surface area contributed by atoms with Crippen molar-refractivity contribution in [2.75, 3.05) is 11.9 Å². The maximum absolute atomic E-state index is 12.3. The lowest BCUT2D eigenvalue weighted by molar-refractivity contribution is -0.118. The quantitative estimate of drug-likeness (QED) is 0.553. The Hall–Kier alpha value is -1.90. The van der Waals surface area contributed by atoms with Gasteiger partial charge >= 0.3 is 0 Å². The van der Waals surface area contributed by atoms with Gasteiger partial charge in [0, 0.05) is 16.2 Å². The average Bonchev–Trinajstić information content (AvgIpc) is 2.68. The van der Waals surface area contributed by atoms with Crippen LogP contribution in [0.15, 0.2) is 45.8 Å². The maximum atomic E-state index is 12.3. The van der Waals surface area contributed by atoms with Crippen LogP contribution in [0.2, 0.25) is 0 Å². The first-order valence-electron chi connectivity index (χ1n) is 9.50. The van der Waals surface area contributed by atoms with Gasteiger partial charge in [-0.1, -0.05) is 29.8 Å². The molecule has 0 aliphatic carbocycles. The summed E-state index contributed by atoms with van der Waals surface area (Å²) in [5.74, 6) is 0.145. The van der Waals surface area contributed by atoms with Gasteiger partial charge < -0.3 is 10.1 Å². The normalized spacial score (nSPS) is 12.4. The molecule has 1 amide bonds. The highest BCUT2D eigenvalue weighted by Crippen LogP contribution is 2.26. The number of nitrogens with one attached hydrogen (secondary N) is 2. The van der Waals surface area contributed by atoms with E-state index in [4.69, 9.17) is 4.74 Å². The molecule has 0 heterocycles. The van der Waals surface area contributed by atoms with Crippen LogP contribution in [-0.2, 0) is 21.2 Å². The maximum Gasteiger partial charge on any atom is 0.262 e. The summed E-state index contributed by atoms with van der Waals surface area (Å²) in [6, 6.07) is 9.80. The Morgan fingerprint density at radius 2 is 1.83 bits per heavy atom. The molecule has 2 N–H and O–H groups in total. The molecule has 0 spiro atoms. The molecule has 0 saturated heterocycles. The summed E-state index contributed by atoms with van der Waals surface area (Å²) in [7, 11) is -3.57. The molecule has 0 fully saturated rings. The highest BCUT2D eigenvalue weighted by atomic mass is 79.9. The van der Waals surface area contributed by atoms with Crippen LogP contribution < -0.4 is 14.8 Å². The lowest BCUT2D eigenvalue weighted by atomic mass is 10.1. The number of sulfonamides is 1. The number of ether oxygens (including phenoxy) is 1. The fraction of sp³-hybridized carbons (Fsp3) is 0.381. The lowest BCUT2D eigenvalue weighted by Crippen LogP contribution is -2.31. The first-order valence-corrected chi connectivity index (χ1v) is 11.8. The number of hydrogen-bond acceptors (Lipinski definition) is 4. The molecule has 0 aliphatic heterocycles. The van der Waals surface area contributed by atoms with E-state index in [0.29, 0.717) is 12.2 Å². The van der Waals surface area contributed by atoms with Crippen LogP contribution in [0.4, 0.5) is 5.69 Å². The van der Waals surface area contributed by atoms with Crippen LogP contribution in [0.3, 0.4) is 0 Å². The minimum absolute atomic E-state index is 0.144. The van der Waals surface area contributed by atoms with E-state index in [-0.39, 0.29) is 23.5 Å². The van der Waals surface area contributed by atoms with Gasteiger partial charge in [0.25, 0.3) is 5.91 Å². The monoisotopic (exact) mass is 482 g/mol. The van der Waals surface area contributed by atoms with E-state index in [2.05, 4.69) is 26.0 Å². The first kappa shape index (κ1) is 23.4. The fourth-order valence-electron chi connectivity index (χ4n) is 2.73. The second-order valence-electron chi connectivity index (χ2n) is 6.85. The van der Waals surface area contributed by atoms with Gasteiger partial charge in [0.1, 0.15) is 5.75 Å². The van der Waals surface area contributed by atoms with Crippen LogP contribution in [0.5, 0.6) is 5.75 Å². The van der Waals surface area contributed by atoms with Gasteiger partial charge in [-0.15, -0.1) is 0 Å². The number of halogens is 1. The van der Waals surface area contributed by atoms with E-state index in [1.54, 1.807) is 12.1 Å². The molecule has 158 valence electrons. The predicted molar refractivity (Wildman–Crippen MR) is 119 cm³/mol. The highest BCUT2D eigenvalue weighted by Gasteiger charge is 2.16. The number of rotatable bonds is 9. The van der Waals surface area contributed by atoms with Gasteiger partial charge in [0.2, 0.25) is 10.0 Å². The van der Waals surface area contributed by atoms with Gasteiger partial charge in [0.05, 0.1) is 4.90 Å². The molecule has 2 aromatic carbocycles. The molecule has 6 nitrogen and oxygen atoms in total. The number of carbonyl (C=O) groups excluding carboxylic acids is 1. The Bertz CT molecular complexity index is 959. The van der Waals surface area contributed by atoms with E-state index in [1.165, 1.54) is 12.1 Å². The third-order valence-corrected chi connectivity index (χ3v) is 6.56. The van der Waals surface area contributed by atoms with Crippen molar-refractivity contribution < 1.29 is 17.9 Å². The summed E-state index contributed by atoms with van der Waals surface area (Å²) in [6.45, 7) is 7.51. The van der Waals surface area contributed by atoms with Gasteiger partial charge in [-0.3, -0.25) is 4.79 Å². The summed E-state index contributed by atoms with van der Waals surface area (Å²) in [4.78, 5) is 12.5. The zero-order chi connectivity index (χ0) is 21.6. The van der Waals surface area contributed by atoms with Crippen molar-refractivity contribution >= 4 is 37.5 Å². The first-order chi connectivity index (χ1) is 13.7. The Labute approximate surface area is 181 Å². The SMILES string of the molecule is CCc1cc(Br)cc(C)c1NC(=O)COc1ccc(S(=O)(=O)NC(C)CC)cc1. The average molecular weight is 483 g/mol. The summed E-state index contributed by atoms with van der Waals surface area (Å²) in [5.41, 5.74) is 2.79. The minimum atomic E-state index is -3.57. The molecule has 0 saturated carbocycles. The largest absolute Gasteiger partial charge is 0.484 e. The second kappa shape index (κ2) is 10.2. The number of aryl methyl sites for hydroxylation is 2. The summed E-state index contributed by atoms with van der Waals surface area (Å²) in [6.07, 6.45) is 1.49. The second-order valence-corrected chi connectivity index (χ2v) is 9.48.